The quantitative estimate of drug-likeness (QED) is 0.912. The summed E-state index contributed by atoms with van der Waals surface area (Å²) in [5, 5.41) is 0. The Balaban J connectivity index is 2.17. The summed E-state index contributed by atoms with van der Waals surface area (Å²) in [7, 11) is 4.41. The van der Waals surface area contributed by atoms with Crippen molar-refractivity contribution in [3.8, 4) is 0 Å². The lowest BCUT2D eigenvalue weighted by atomic mass is 9.70. The third-order valence-electron chi connectivity index (χ3n) is 5.13. The Hall–Kier alpha value is -0.860. The molecule has 0 amide bonds. The molecule has 1 aliphatic carbocycles. The number of nitrogens with zero attached hydrogens (tertiary/aromatic N) is 1. The van der Waals surface area contributed by atoms with Crippen LogP contribution >= 0.6 is 0 Å². The van der Waals surface area contributed by atoms with Gasteiger partial charge in [0, 0.05) is 11.6 Å². The summed E-state index contributed by atoms with van der Waals surface area (Å²) >= 11 is 0. The lowest BCUT2D eigenvalue weighted by Crippen LogP contribution is -2.60. The standard InChI is InChI=1S/C18H30N2/c1-14-7-5-9-16(11-14)12-17(19)18(20(3)4)10-6-8-15(2)13-18/h5,7,9,11,15,17H,6,8,10,12-13,19H2,1-4H3. The van der Waals surface area contributed by atoms with E-state index in [2.05, 4.69) is 57.1 Å². The summed E-state index contributed by atoms with van der Waals surface area (Å²) in [5.41, 5.74) is 9.55. The van der Waals surface area contributed by atoms with E-state index in [1.165, 1.54) is 36.8 Å². The maximum Gasteiger partial charge on any atom is 0.0360 e. The van der Waals surface area contributed by atoms with Crippen LogP contribution in [0.1, 0.15) is 43.7 Å². The molecule has 1 aliphatic rings. The van der Waals surface area contributed by atoms with Crippen LogP contribution in [0, 0.1) is 12.8 Å². The second kappa shape index (κ2) is 6.28. The van der Waals surface area contributed by atoms with Gasteiger partial charge in [0.1, 0.15) is 0 Å². The van der Waals surface area contributed by atoms with E-state index in [4.69, 9.17) is 5.73 Å². The van der Waals surface area contributed by atoms with Crippen LogP contribution in [-0.2, 0) is 6.42 Å². The molecule has 1 saturated carbocycles. The van der Waals surface area contributed by atoms with Gasteiger partial charge in [-0.15, -0.1) is 0 Å². The topological polar surface area (TPSA) is 29.3 Å². The number of hydrogen-bond donors (Lipinski definition) is 1. The van der Waals surface area contributed by atoms with Crippen molar-refractivity contribution in [2.75, 3.05) is 14.1 Å². The van der Waals surface area contributed by atoms with Crippen molar-refractivity contribution < 1.29 is 0 Å². The molecule has 2 nitrogen and oxygen atoms in total. The van der Waals surface area contributed by atoms with Crippen molar-refractivity contribution in [1.82, 2.24) is 4.90 Å². The van der Waals surface area contributed by atoms with Gasteiger partial charge in [0.15, 0.2) is 0 Å². The third-order valence-corrected chi connectivity index (χ3v) is 5.13. The first kappa shape index (κ1) is 15.5. The number of nitrogens with two attached hydrogens (primary N) is 1. The van der Waals surface area contributed by atoms with E-state index in [1.807, 2.05) is 0 Å². The minimum absolute atomic E-state index is 0.168. The highest BCUT2D eigenvalue weighted by molar-refractivity contribution is 5.24. The molecule has 3 unspecified atom stereocenters. The molecule has 2 rings (SSSR count). The monoisotopic (exact) mass is 274 g/mol. The predicted molar refractivity (Wildman–Crippen MR) is 86.9 cm³/mol. The maximum absolute atomic E-state index is 6.69. The Kier molecular flexibility index (Phi) is 4.87. The molecule has 0 saturated heterocycles. The van der Waals surface area contributed by atoms with E-state index in [0.29, 0.717) is 0 Å². The summed E-state index contributed by atoms with van der Waals surface area (Å²) in [6, 6.07) is 8.99. The van der Waals surface area contributed by atoms with E-state index in [0.717, 1.165) is 12.3 Å². The lowest BCUT2D eigenvalue weighted by molar-refractivity contribution is 0.0504. The SMILES string of the molecule is Cc1cccc(CC(N)C2(N(C)C)CCCC(C)C2)c1. The minimum atomic E-state index is 0.168. The van der Waals surface area contributed by atoms with Gasteiger partial charge in [-0.1, -0.05) is 49.6 Å². The fourth-order valence-electron chi connectivity index (χ4n) is 3.92. The molecule has 1 aromatic rings. The summed E-state index contributed by atoms with van der Waals surface area (Å²) in [5.74, 6) is 0.787. The van der Waals surface area contributed by atoms with Crippen molar-refractivity contribution in [1.29, 1.82) is 0 Å². The van der Waals surface area contributed by atoms with Crippen molar-refractivity contribution >= 4 is 0 Å². The number of aryl methyl sites for hydroxylation is 1. The van der Waals surface area contributed by atoms with Crippen LogP contribution in [0.2, 0.25) is 0 Å². The van der Waals surface area contributed by atoms with Crippen LogP contribution in [0.25, 0.3) is 0 Å². The largest absolute Gasteiger partial charge is 0.326 e. The van der Waals surface area contributed by atoms with E-state index in [-0.39, 0.29) is 11.6 Å². The van der Waals surface area contributed by atoms with Gasteiger partial charge in [0.25, 0.3) is 0 Å². The first-order valence-electron chi connectivity index (χ1n) is 7.92. The molecule has 2 N–H and O–H groups in total. The van der Waals surface area contributed by atoms with Crippen molar-refractivity contribution in [2.45, 2.75) is 57.5 Å². The molecule has 0 spiro atoms. The predicted octanol–water partition coefficient (Wildman–Crippen LogP) is 3.38. The number of likely N-dealkylation sites (N-methyl/N-ethyl adjacent to an activating group) is 1. The van der Waals surface area contributed by atoms with Crippen LogP contribution < -0.4 is 5.73 Å². The number of rotatable bonds is 4. The van der Waals surface area contributed by atoms with Crippen LogP contribution in [-0.4, -0.2) is 30.6 Å². The average Bonchev–Trinajstić information content (AvgIpc) is 2.38. The number of hydrogen-bond acceptors (Lipinski definition) is 2. The average molecular weight is 274 g/mol. The van der Waals surface area contributed by atoms with Crippen LogP contribution in [0.15, 0.2) is 24.3 Å². The molecule has 2 heteroatoms. The molecular weight excluding hydrogens is 244 g/mol. The van der Waals surface area contributed by atoms with Gasteiger partial charge in [-0.25, -0.2) is 0 Å². The zero-order valence-electron chi connectivity index (χ0n) is 13.5. The zero-order valence-corrected chi connectivity index (χ0v) is 13.5. The Bertz CT molecular complexity index is 441. The second-order valence-corrected chi connectivity index (χ2v) is 7.00. The molecule has 0 heterocycles. The molecule has 3 atom stereocenters. The van der Waals surface area contributed by atoms with Crippen molar-refractivity contribution in [3.63, 3.8) is 0 Å². The van der Waals surface area contributed by atoms with Gasteiger partial charge < -0.3 is 10.6 Å². The van der Waals surface area contributed by atoms with Gasteiger partial charge in [-0.3, -0.25) is 0 Å². The second-order valence-electron chi connectivity index (χ2n) is 7.00. The molecule has 0 radical (unpaired) electrons. The first-order valence-corrected chi connectivity index (χ1v) is 7.92. The maximum atomic E-state index is 6.69. The van der Waals surface area contributed by atoms with Gasteiger partial charge >= 0.3 is 0 Å². The molecule has 0 aliphatic heterocycles. The van der Waals surface area contributed by atoms with Gasteiger partial charge in [-0.2, -0.15) is 0 Å². The fourth-order valence-corrected chi connectivity index (χ4v) is 3.92. The van der Waals surface area contributed by atoms with Crippen LogP contribution in [0.4, 0.5) is 0 Å². The molecule has 1 fully saturated rings. The van der Waals surface area contributed by atoms with Crippen LogP contribution in [0.5, 0.6) is 0 Å². The molecule has 0 aromatic heterocycles. The Morgan fingerprint density at radius 1 is 1.40 bits per heavy atom. The molecule has 1 aromatic carbocycles. The fraction of sp³-hybridized carbons (Fsp3) is 0.667. The summed E-state index contributed by atoms with van der Waals surface area (Å²) in [6.45, 7) is 4.52. The Morgan fingerprint density at radius 3 is 2.75 bits per heavy atom. The highest BCUT2D eigenvalue weighted by atomic mass is 15.2. The molecule has 20 heavy (non-hydrogen) atoms. The summed E-state index contributed by atoms with van der Waals surface area (Å²) < 4.78 is 0. The molecule has 112 valence electrons. The normalized spacial score (nSPS) is 28.6. The summed E-state index contributed by atoms with van der Waals surface area (Å²) in [6.07, 6.45) is 6.10. The zero-order chi connectivity index (χ0) is 14.8. The smallest absolute Gasteiger partial charge is 0.0360 e. The van der Waals surface area contributed by atoms with Gasteiger partial charge in [-0.05, 0) is 51.8 Å². The Labute approximate surface area is 124 Å². The van der Waals surface area contributed by atoms with Crippen molar-refractivity contribution in [2.24, 2.45) is 11.7 Å². The Morgan fingerprint density at radius 2 is 2.15 bits per heavy atom. The van der Waals surface area contributed by atoms with E-state index >= 15 is 0 Å². The highest BCUT2D eigenvalue weighted by Crippen LogP contribution is 2.38. The minimum Gasteiger partial charge on any atom is -0.326 e. The van der Waals surface area contributed by atoms with Crippen molar-refractivity contribution in [3.05, 3.63) is 35.4 Å². The molecule has 0 bridgehead atoms. The number of benzene rings is 1. The lowest BCUT2D eigenvalue weighted by Gasteiger charge is -2.49. The molecular formula is C18H30N2. The van der Waals surface area contributed by atoms with E-state index in [1.54, 1.807) is 0 Å². The highest BCUT2D eigenvalue weighted by Gasteiger charge is 2.41. The summed E-state index contributed by atoms with van der Waals surface area (Å²) in [4.78, 5) is 2.39. The first-order chi connectivity index (χ1) is 9.44. The van der Waals surface area contributed by atoms with E-state index in [9.17, 15) is 0 Å². The third kappa shape index (κ3) is 3.24. The van der Waals surface area contributed by atoms with E-state index < -0.39 is 0 Å². The van der Waals surface area contributed by atoms with Gasteiger partial charge in [0.05, 0.1) is 0 Å². The van der Waals surface area contributed by atoms with Crippen LogP contribution in [0.3, 0.4) is 0 Å². The van der Waals surface area contributed by atoms with Gasteiger partial charge in [0.2, 0.25) is 0 Å².